The SMILES string of the molecule is CCCc1cn([C@@H]2O[C@@H]3CO[P+](O)(O)O[C@H]3[C@H]2O)c(=O)nc1N.N. The monoisotopic (exact) mass is 365 g/mol. The Morgan fingerprint density at radius 2 is 2.21 bits per heavy atom. The predicted octanol–water partition coefficient (Wildman–Crippen LogP) is -0.724. The Morgan fingerprint density at radius 1 is 1.50 bits per heavy atom. The molecule has 2 aliphatic heterocycles. The van der Waals surface area contributed by atoms with E-state index in [0.717, 1.165) is 11.0 Å². The molecule has 0 bridgehead atoms. The molecule has 136 valence electrons. The molecule has 0 unspecified atom stereocenters. The number of ether oxygens (including phenoxy) is 1. The van der Waals surface area contributed by atoms with Crippen molar-refractivity contribution in [2.24, 2.45) is 0 Å². The van der Waals surface area contributed by atoms with E-state index >= 15 is 0 Å². The van der Waals surface area contributed by atoms with Crippen LogP contribution in [0, 0.1) is 0 Å². The molecule has 0 aliphatic carbocycles. The minimum absolute atomic E-state index is 0. The first kappa shape index (κ1) is 19.2. The maximum absolute atomic E-state index is 12.1. The van der Waals surface area contributed by atoms with Crippen molar-refractivity contribution in [1.29, 1.82) is 0 Å². The number of rotatable bonds is 3. The minimum atomic E-state index is -3.96. The number of aliphatic hydroxyl groups is 1. The number of nitrogens with two attached hydrogens (primary N) is 1. The number of fused-ring (bicyclic) bond motifs is 1. The standard InChI is InChI=1S/C12H18N3O7P.H3N/c1-2-3-6-4-15(12(17)14-10(6)13)11-8(16)9-7(21-11)5-20-23(18,19)22-9;/h4,7-9,11,16,18-19H,2-3,5H2,1H3,(H-,13,14,17);1H3/p+1/t7-,8-,9-,11-;/m1./s1. The summed E-state index contributed by atoms with van der Waals surface area (Å²) in [5, 5.41) is 10.4. The fourth-order valence-corrected chi connectivity index (χ4v) is 3.72. The van der Waals surface area contributed by atoms with Gasteiger partial charge in [0, 0.05) is 11.8 Å². The van der Waals surface area contributed by atoms with E-state index in [1.54, 1.807) is 0 Å². The molecule has 8 N–H and O–H groups in total. The van der Waals surface area contributed by atoms with Gasteiger partial charge in [-0.2, -0.15) is 19.3 Å². The van der Waals surface area contributed by atoms with Gasteiger partial charge in [-0.15, -0.1) is 4.52 Å². The van der Waals surface area contributed by atoms with Gasteiger partial charge in [-0.25, -0.2) is 4.79 Å². The van der Waals surface area contributed by atoms with E-state index in [0.29, 0.717) is 12.0 Å². The van der Waals surface area contributed by atoms with Gasteiger partial charge < -0.3 is 21.7 Å². The fourth-order valence-electron chi connectivity index (χ4n) is 2.74. The van der Waals surface area contributed by atoms with Crippen molar-refractivity contribution in [2.75, 3.05) is 12.3 Å². The van der Waals surface area contributed by atoms with E-state index in [-0.39, 0.29) is 18.6 Å². The first-order valence-electron chi connectivity index (χ1n) is 7.21. The molecule has 2 saturated heterocycles. The fraction of sp³-hybridized carbons (Fsp3) is 0.667. The molecule has 3 heterocycles. The molecule has 0 saturated carbocycles. The number of aryl methyl sites for hydroxylation is 1. The van der Waals surface area contributed by atoms with Gasteiger partial charge in [0.25, 0.3) is 0 Å². The molecule has 2 fully saturated rings. The lowest BCUT2D eigenvalue weighted by Crippen LogP contribution is -2.41. The Balaban J connectivity index is 0.00000208. The van der Waals surface area contributed by atoms with Gasteiger partial charge in [0.2, 0.25) is 0 Å². The van der Waals surface area contributed by atoms with Crippen molar-refractivity contribution < 1.29 is 28.7 Å². The molecule has 11 nitrogen and oxygen atoms in total. The number of anilines is 1. The number of hydrogen-bond acceptors (Lipinski definition) is 10. The predicted molar refractivity (Wildman–Crippen MR) is 84.0 cm³/mol. The minimum Gasteiger partial charge on any atom is -0.385 e. The third kappa shape index (κ3) is 3.44. The first-order valence-corrected chi connectivity index (χ1v) is 8.74. The molecular weight excluding hydrogens is 343 g/mol. The Labute approximate surface area is 138 Å². The van der Waals surface area contributed by atoms with E-state index in [4.69, 9.17) is 19.5 Å². The Bertz CT molecular complexity index is 655. The summed E-state index contributed by atoms with van der Waals surface area (Å²) in [7, 11) is -3.96. The van der Waals surface area contributed by atoms with Crippen LogP contribution >= 0.6 is 8.17 Å². The number of nitrogens with zero attached hydrogens (tertiary/aromatic N) is 2. The normalized spacial score (nSPS) is 31.3. The molecule has 0 spiro atoms. The van der Waals surface area contributed by atoms with Crippen LogP contribution in [0.15, 0.2) is 11.0 Å². The summed E-state index contributed by atoms with van der Waals surface area (Å²) in [6.07, 6.45) is -1.14. The Kier molecular flexibility index (Phi) is 5.57. The summed E-state index contributed by atoms with van der Waals surface area (Å²) in [4.78, 5) is 34.7. The second-order valence-corrected chi connectivity index (χ2v) is 6.95. The highest BCUT2D eigenvalue weighted by atomic mass is 31.2. The molecule has 4 atom stereocenters. The summed E-state index contributed by atoms with van der Waals surface area (Å²) < 4.78 is 16.5. The molecule has 12 heteroatoms. The van der Waals surface area contributed by atoms with Gasteiger partial charge in [-0.3, -0.25) is 4.57 Å². The van der Waals surface area contributed by atoms with E-state index in [2.05, 4.69) is 4.98 Å². The number of hydrogen-bond donors (Lipinski definition) is 5. The topological polar surface area (TPSA) is 184 Å². The average molecular weight is 365 g/mol. The van der Waals surface area contributed by atoms with Crippen LogP contribution in [0.1, 0.15) is 25.1 Å². The smallest absolute Gasteiger partial charge is 0.385 e. The number of aromatic nitrogens is 2. The molecule has 0 aromatic carbocycles. The van der Waals surface area contributed by atoms with Gasteiger partial charge in [-0.05, 0) is 6.42 Å². The van der Waals surface area contributed by atoms with E-state index in [9.17, 15) is 19.7 Å². The van der Waals surface area contributed by atoms with Crippen LogP contribution in [-0.4, -0.2) is 49.4 Å². The van der Waals surface area contributed by atoms with E-state index < -0.39 is 38.4 Å². The lowest BCUT2D eigenvalue weighted by Gasteiger charge is -2.24. The van der Waals surface area contributed by atoms with Crippen LogP contribution in [0.2, 0.25) is 0 Å². The number of aliphatic hydroxyl groups excluding tert-OH is 1. The second kappa shape index (κ2) is 6.98. The molecular formula is C12H22N4O7P+. The highest BCUT2D eigenvalue weighted by Crippen LogP contribution is 2.58. The quantitative estimate of drug-likeness (QED) is 0.428. The molecule has 1 aromatic rings. The zero-order valence-corrected chi connectivity index (χ0v) is 14.0. The van der Waals surface area contributed by atoms with Crippen molar-refractivity contribution in [2.45, 2.75) is 44.3 Å². The van der Waals surface area contributed by atoms with Crippen LogP contribution in [0.5, 0.6) is 0 Å². The third-order valence-corrected chi connectivity index (χ3v) is 4.83. The molecule has 1 aromatic heterocycles. The van der Waals surface area contributed by atoms with Crippen molar-refractivity contribution in [3.8, 4) is 0 Å². The highest BCUT2D eigenvalue weighted by molar-refractivity contribution is 7.54. The molecule has 2 aliphatic rings. The van der Waals surface area contributed by atoms with Crippen LogP contribution in [0.25, 0.3) is 0 Å². The second-order valence-electron chi connectivity index (χ2n) is 5.50. The molecule has 3 rings (SSSR count). The van der Waals surface area contributed by atoms with Crippen LogP contribution < -0.4 is 17.6 Å². The zero-order valence-electron chi connectivity index (χ0n) is 13.1. The summed E-state index contributed by atoms with van der Waals surface area (Å²) in [6.45, 7) is 1.80. The maximum Gasteiger partial charge on any atom is 0.570 e. The summed E-state index contributed by atoms with van der Waals surface area (Å²) >= 11 is 0. The van der Waals surface area contributed by atoms with Gasteiger partial charge >= 0.3 is 13.9 Å². The lowest BCUT2D eigenvalue weighted by molar-refractivity contribution is -0.0763. The Hall–Kier alpha value is -1.17. The first-order chi connectivity index (χ1) is 10.8. The van der Waals surface area contributed by atoms with Gasteiger partial charge in [0.05, 0.1) is 0 Å². The van der Waals surface area contributed by atoms with Crippen LogP contribution in [0.3, 0.4) is 0 Å². The van der Waals surface area contributed by atoms with Crippen molar-refractivity contribution in [1.82, 2.24) is 15.7 Å². The summed E-state index contributed by atoms with van der Waals surface area (Å²) in [5.41, 5.74) is 5.73. The average Bonchev–Trinajstić information content (AvgIpc) is 2.78. The van der Waals surface area contributed by atoms with Crippen molar-refractivity contribution >= 4 is 14.0 Å². The van der Waals surface area contributed by atoms with E-state index in [1.165, 1.54) is 6.20 Å². The van der Waals surface area contributed by atoms with E-state index in [1.807, 2.05) is 6.92 Å². The van der Waals surface area contributed by atoms with Gasteiger partial charge in [0.1, 0.15) is 24.6 Å². The summed E-state index contributed by atoms with van der Waals surface area (Å²) in [6, 6.07) is 0. The number of nitrogen functional groups attached to an aromatic ring is 1. The van der Waals surface area contributed by atoms with Crippen LogP contribution in [0.4, 0.5) is 5.82 Å². The highest BCUT2D eigenvalue weighted by Gasteiger charge is 2.59. The van der Waals surface area contributed by atoms with Gasteiger partial charge in [0.15, 0.2) is 12.3 Å². The zero-order chi connectivity index (χ0) is 16.8. The van der Waals surface area contributed by atoms with Crippen molar-refractivity contribution in [3.05, 3.63) is 22.2 Å². The maximum atomic E-state index is 12.1. The molecule has 0 radical (unpaired) electrons. The Morgan fingerprint density at radius 3 is 2.88 bits per heavy atom. The lowest BCUT2D eigenvalue weighted by atomic mass is 10.1. The van der Waals surface area contributed by atoms with Crippen molar-refractivity contribution in [3.63, 3.8) is 0 Å². The van der Waals surface area contributed by atoms with Crippen LogP contribution in [-0.2, 0) is 20.2 Å². The molecule has 0 amide bonds. The van der Waals surface area contributed by atoms with Gasteiger partial charge in [-0.1, -0.05) is 13.3 Å². The summed E-state index contributed by atoms with van der Waals surface area (Å²) in [5.74, 6) is 0.147. The third-order valence-electron chi connectivity index (χ3n) is 3.83. The largest absolute Gasteiger partial charge is 0.570 e. The molecule has 24 heavy (non-hydrogen) atoms.